The molecule has 0 unspecified atom stereocenters. The molecule has 1 aromatic heterocycles. The fourth-order valence-electron chi connectivity index (χ4n) is 1.40. The second-order valence-electron chi connectivity index (χ2n) is 4.70. The third-order valence-corrected chi connectivity index (χ3v) is 2.15. The lowest BCUT2D eigenvalue weighted by Crippen LogP contribution is -2.37. The minimum atomic E-state index is -0.849. The van der Waals surface area contributed by atoms with Crippen molar-refractivity contribution in [1.29, 1.82) is 0 Å². The molecule has 0 bridgehead atoms. The number of aliphatic hydroxyl groups is 1. The lowest BCUT2D eigenvalue weighted by atomic mass is 10.1. The van der Waals surface area contributed by atoms with Crippen LogP contribution in [-0.4, -0.2) is 45.9 Å². The first-order valence-corrected chi connectivity index (χ1v) is 6.17. The average molecular weight is 275 g/mol. The quantitative estimate of drug-likeness (QED) is 0.848. The van der Waals surface area contributed by atoms with Crippen LogP contribution in [0.3, 0.4) is 0 Å². The second kappa shape index (κ2) is 6.15. The summed E-state index contributed by atoms with van der Waals surface area (Å²) in [5.41, 5.74) is -0.849. The maximum atomic E-state index is 9.75. The minimum absolute atomic E-state index is 0.0775. The number of aromatic nitrogens is 3. The van der Waals surface area contributed by atoms with Gasteiger partial charge >= 0.3 is 6.01 Å². The lowest BCUT2D eigenvalue weighted by molar-refractivity contribution is 0.0882. The number of anilines is 1. The Morgan fingerprint density at radius 3 is 2.56 bits per heavy atom. The first kappa shape index (κ1) is 14.9. The largest absolute Gasteiger partial charge is 0.463 e. The zero-order valence-corrected chi connectivity index (χ0v) is 11.9. The number of hydrogen-bond donors (Lipinski definition) is 1. The molecule has 0 fully saturated rings. The number of likely N-dealkylation sites (N-methyl/N-ethyl adjacent to an activating group) is 1. The van der Waals surface area contributed by atoms with E-state index >= 15 is 0 Å². The molecule has 0 saturated heterocycles. The van der Waals surface area contributed by atoms with Crippen molar-refractivity contribution < 1.29 is 9.84 Å². The van der Waals surface area contributed by atoms with Gasteiger partial charge in [0.2, 0.25) is 11.2 Å². The molecule has 0 aliphatic heterocycles. The summed E-state index contributed by atoms with van der Waals surface area (Å²) in [6.45, 7) is 6.31. The van der Waals surface area contributed by atoms with Crippen molar-refractivity contribution >= 4 is 17.5 Å². The first-order valence-electron chi connectivity index (χ1n) is 5.79. The van der Waals surface area contributed by atoms with Gasteiger partial charge in [-0.3, -0.25) is 0 Å². The van der Waals surface area contributed by atoms with Gasteiger partial charge in [0.25, 0.3) is 0 Å². The van der Waals surface area contributed by atoms with Crippen molar-refractivity contribution in [3.63, 3.8) is 0 Å². The van der Waals surface area contributed by atoms with Crippen molar-refractivity contribution in [3.8, 4) is 6.01 Å². The normalized spacial score (nSPS) is 11.4. The SMILES string of the molecule is CCCOc1nc(Cl)nc(N(C)CC(C)(C)O)n1. The Morgan fingerprint density at radius 2 is 2.00 bits per heavy atom. The van der Waals surface area contributed by atoms with Crippen LogP contribution in [0.4, 0.5) is 5.95 Å². The highest BCUT2D eigenvalue weighted by molar-refractivity contribution is 6.28. The topological polar surface area (TPSA) is 71.4 Å². The monoisotopic (exact) mass is 274 g/mol. The van der Waals surface area contributed by atoms with Gasteiger partial charge in [-0.1, -0.05) is 6.92 Å². The molecule has 0 spiro atoms. The summed E-state index contributed by atoms with van der Waals surface area (Å²) in [5.74, 6) is 0.378. The number of nitrogens with zero attached hydrogens (tertiary/aromatic N) is 4. The van der Waals surface area contributed by atoms with Crippen LogP contribution in [0.25, 0.3) is 0 Å². The van der Waals surface area contributed by atoms with Crippen molar-refractivity contribution in [2.75, 3.05) is 25.1 Å². The maximum Gasteiger partial charge on any atom is 0.322 e. The van der Waals surface area contributed by atoms with E-state index in [4.69, 9.17) is 16.3 Å². The fraction of sp³-hybridized carbons (Fsp3) is 0.727. The summed E-state index contributed by atoms with van der Waals surface area (Å²) in [7, 11) is 1.77. The van der Waals surface area contributed by atoms with Crippen molar-refractivity contribution in [2.45, 2.75) is 32.8 Å². The van der Waals surface area contributed by atoms with E-state index in [9.17, 15) is 5.11 Å². The van der Waals surface area contributed by atoms with E-state index in [-0.39, 0.29) is 11.3 Å². The lowest BCUT2D eigenvalue weighted by Gasteiger charge is -2.25. The highest BCUT2D eigenvalue weighted by Gasteiger charge is 2.18. The summed E-state index contributed by atoms with van der Waals surface area (Å²) >= 11 is 5.81. The molecule has 0 saturated carbocycles. The van der Waals surface area contributed by atoms with E-state index in [2.05, 4.69) is 15.0 Å². The van der Waals surface area contributed by atoms with E-state index in [0.29, 0.717) is 19.1 Å². The van der Waals surface area contributed by atoms with Crippen LogP contribution >= 0.6 is 11.6 Å². The third-order valence-electron chi connectivity index (χ3n) is 1.98. The Labute approximate surface area is 112 Å². The molecule has 1 heterocycles. The Morgan fingerprint density at radius 1 is 1.33 bits per heavy atom. The molecule has 18 heavy (non-hydrogen) atoms. The second-order valence-corrected chi connectivity index (χ2v) is 5.04. The predicted molar refractivity (Wildman–Crippen MR) is 70.2 cm³/mol. The summed E-state index contributed by atoms with van der Waals surface area (Å²) in [6, 6.07) is 0.203. The molecule has 0 aromatic carbocycles. The van der Waals surface area contributed by atoms with E-state index in [1.807, 2.05) is 6.92 Å². The van der Waals surface area contributed by atoms with Crippen LogP contribution in [0.15, 0.2) is 0 Å². The van der Waals surface area contributed by atoms with E-state index < -0.39 is 5.60 Å². The summed E-state index contributed by atoms with van der Waals surface area (Å²) in [5, 5.41) is 9.83. The Hall–Kier alpha value is -1.14. The molecular weight excluding hydrogens is 256 g/mol. The molecule has 102 valence electrons. The van der Waals surface area contributed by atoms with Gasteiger partial charge in [-0.05, 0) is 31.9 Å². The van der Waals surface area contributed by atoms with Crippen LogP contribution < -0.4 is 9.64 Å². The number of halogens is 1. The third kappa shape index (κ3) is 5.01. The van der Waals surface area contributed by atoms with Crippen LogP contribution in [0, 0.1) is 0 Å². The Kier molecular flexibility index (Phi) is 5.10. The molecule has 6 nitrogen and oxygen atoms in total. The molecular formula is C11H19ClN4O2. The van der Waals surface area contributed by atoms with Gasteiger partial charge < -0.3 is 14.7 Å². The molecule has 0 aliphatic carbocycles. The van der Waals surface area contributed by atoms with E-state index in [0.717, 1.165) is 6.42 Å². The number of hydrogen-bond acceptors (Lipinski definition) is 6. The van der Waals surface area contributed by atoms with Gasteiger partial charge in [0, 0.05) is 13.6 Å². The molecule has 0 radical (unpaired) electrons. The summed E-state index contributed by atoms with van der Waals surface area (Å²) in [6.07, 6.45) is 0.859. The zero-order valence-electron chi connectivity index (χ0n) is 11.1. The molecule has 7 heteroatoms. The van der Waals surface area contributed by atoms with Crippen LogP contribution in [0.2, 0.25) is 5.28 Å². The van der Waals surface area contributed by atoms with E-state index in [1.165, 1.54) is 0 Å². The highest BCUT2D eigenvalue weighted by Crippen LogP contribution is 2.16. The van der Waals surface area contributed by atoms with Gasteiger partial charge in [0.05, 0.1) is 12.2 Å². The Bertz CT molecular complexity index is 395. The van der Waals surface area contributed by atoms with Gasteiger partial charge in [0.15, 0.2) is 0 Å². The Balaban J connectivity index is 2.84. The molecule has 0 aliphatic rings. The number of rotatable bonds is 6. The van der Waals surface area contributed by atoms with Crippen molar-refractivity contribution in [1.82, 2.24) is 15.0 Å². The molecule has 1 rings (SSSR count). The zero-order chi connectivity index (χ0) is 13.8. The molecule has 0 amide bonds. The van der Waals surface area contributed by atoms with Gasteiger partial charge in [-0.2, -0.15) is 15.0 Å². The minimum Gasteiger partial charge on any atom is -0.463 e. The highest BCUT2D eigenvalue weighted by atomic mass is 35.5. The standard InChI is InChI=1S/C11H19ClN4O2/c1-5-6-18-10-14-8(12)13-9(15-10)16(4)7-11(2,3)17/h17H,5-7H2,1-4H3. The van der Waals surface area contributed by atoms with E-state index in [1.54, 1.807) is 25.8 Å². The molecule has 1 N–H and O–H groups in total. The summed E-state index contributed by atoms with van der Waals surface area (Å²) in [4.78, 5) is 13.7. The van der Waals surface area contributed by atoms with Gasteiger partial charge in [-0.25, -0.2) is 0 Å². The van der Waals surface area contributed by atoms with Crippen molar-refractivity contribution in [2.24, 2.45) is 0 Å². The molecule has 1 aromatic rings. The van der Waals surface area contributed by atoms with Crippen LogP contribution in [-0.2, 0) is 0 Å². The predicted octanol–water partition coefficient (Wildman–Crippen LogP) is 1.52. The first-order chi connectivity index (χ1) is 8.31. The van der Waals surface area contributed by atoms with Gasteiger partial charge in [0.1, 0.15) is 0 Å². The van der Waals surface area contributed by atoms with Gasteiger partial charge in [-0.15, -0.1) is 0 Å². The van der Waals surface area contributed by atoms with Crippen LogP contribution in [0.1, 0.15) is 27.2 Å². The number of ether oxygens (including phenoxy) is 1. The average Bonchev–Trinajstić information content (AvgIpc) is 2.23. The summed E-state index contributed by atoms with van der Waals surface area (Å²) < 4.78 is 5.32. The maximum absolute atomic E-state index is 9.75. The smallest absolute Gasteiger partial charge is 0.322 e. The van der Waals surface area contributed by atoms with Crippen LogP contribution in [0.5, 0.6) is 6.01 Å². The fourth-order valence-corrected chi connectivity index (χ4v) is 1.55. The molecule has 0 atom stereocenters. The van der Waals surface area contributed by atoms with Crippen molar-refractivity contribution in [3.05, 3.63) is 5.28 Å².